The first kappa shape index (κ1) is 22.4. The zero-order valence-electron chi connectivity index (χ0n) is 19.1. The van der Waals surface area contributed by atoms with Crippen LogP contribution in [0.3, 0.4) is 0 Å². The van der Waals surface area contributed by atoms with E-state index in [1.807, 2.05) is 12.1 Å². The van der Waals surface area contributed by atoms with Crippen molar-refractivity contribution in [2.24, 2.45) is 5.10 Å². The Labute approximate surface area is 190 Å². The number of rotatable bonds is 7. The molecule has 1 atom stereocenters. The van der Waals surface area contributed by atoms with Crippen molar-refractivity contribution in [3.05, 3.63) is 83.2 Å². The SMILES string of the molecule is C=CCN(CC(=O)N1N=C(c2cc(C)ccc2C)C[C@@H]1c1cccc(F)c1)C1CCCC1. The molecule has 0 spiro atoms. The summed E-state index contributed by atoms with van der Waals surface area (Å²) in [7, 11) is 0. The van der Waals surface area contributed by atoms with Gasteiger partial charge < -0.3 is 0 Å². The second kappa shape index (κ2) is 9.78. The minimum absolute atomic E-state index is 0.0479. The molecule has 2 aromatic rings. The van der Waals surface area contributed by atoms with Crippen LogP contribution in [0.4, 0.5) is 4.39 Å². The molecular weight excluding hydrogens is 401 g/mol. The van der Waals surface area contributed by atoms with Gasteiger partial charge >= 0.3 is 0 Å². The van der Waals surface area contributed by atoms with Gasteiger partial charge in [-0.05, 0) is 56.0 Å². The Hall–Kier alpha value is -2.79. The fourth-order valence-corrected chi connectivity index (χ4v) is 4.95. The van der Waals surface area contributed by atoms with Gasteiger partial charge in [0.1, 0.15) is 5.82 Å². The Kier molecular flexibility index (Phi) is 6.85. The van der Waals surface area contributed by atoms with Gasteiger partial charge in [-0.2, -0.15) is 5.10 Å². The predicted octanol–water partition coefficient (Wildman–Crippen LogP) is 5.55. The predicted molar refractivity (Wildman–Crippen MR) is 127 cm³/mol. The standard InChI is InChI=1S/C27H32FN3O/c1-4-14-30(23-10-5-6-11-23)18-27(32)31-26(21-8-7-9-22(28)16-21)17-25(29-31)24-15-19(2)12-13-20(24)3/h4,7-9,12-13,15-16,23,26H,1,5-6,10-11,14,17-18H2,2-3H3/t26-/m1/s1. The molecule has 0 saturated heterocycles. The molecule has 1 heterocycles. The maximum Gasteiger partial charge on any atom is 0.257 e. The number of nitrogens with zero attached hydrogens (tertiary/aromatic N) is 3. The Morgan fingerprint density at radius 2 is 2.00 bits per heavy atom. The van der Waals surface area contributed by atoms with Gasteiger partial charge in [0.05, 0.1) is 18.3 Å². The van der Waals surface area contributed by atoms with Crippen molar-refractivity contribution in [1.82, 2.24) is 9.91 Å². The number of hydrogen-bond acceptors (Lipinski definition) is 3. The molecule has 0 unspecified atom stereocenters. The number of amides is 1. The van der Waals surface area contributed by atoms with Crippen molar-refractivity contribution >= 4 is 11.6 Å². The van der Waals surface area contributed by atoms with Gasteiger partial charge in [0, 0.05) is 24.6 Å². The molecular formula is C27H32FN3O. The van der Waals surface area contributed by atoms with E-state index in [9.17, 15) is 9.18 Å². The van der Waals surface area contributed by atoms with E-state index in [1.54, 1.807) is 11.1 Å². The van der Waals surface area contributed by atoms with Crippen LogP contribution >= 0.6 is 0 Å². The smallest absolute Gasteiger partial charge is 0.257 e. The molecule has 4 nitrogen and oxygen atoms in total. The maximum absolute atomic E-state index is 14.0. The Balaban J connectivity index is 1.65. The largest absolute Gasteiger partial charge is 0.288 e. The van der Waals surface area contributed by atoms with Crippen LogP contribution in [0.5, 0.6) is 0 Å². The van der Waals surface area contributed by atoms with Gasteiger partial charge in [0.25, 0.3) is 5.91 Å². The zero-order chi connectivity index (χ0) is 22.7. The Morgan fingerprint density at radius 1 is 1.22 bits per heavy atom. The van der Waals surface area contributed by atoms with Crippen molar-refractivity contribution in [2.75, 3.05) is 13.1 Å². The second-order valence-electron chi connectivity index (χ2n) is 9.03. The van der Waals surface area contributed by atoms with Crippen molar-refractivity contribution in [3.63, 3.8) is 0 Å². The highest BCUT2D eigenvalue weighted by Gasteiger charge is 2.35. The molecule has 2 aliphatic rings. The first-order valence-corrected chi connectivity index (χ1v) is 11.5. The highest BCUT2D eigenvalue weighted by atomic mass is 19.1. The quantitative estimate of drug-likeness (QED) is 0.537. The second-order valence-corrected chi connectivity index (χ2v) is 9.03. The summed E-state index contributed by atoms with van der Waals surface area (Å²) in [4.78, 5) is 15.8. The first-order chi connectivity index (χ1) is 15.5. The van der Waals surface area contributed by atoms with E-state index in [0.717, 1.165) is 40.8 Å². The van der Waals surface area contributed by atoms with Crippen molar-refractivity contribution in [1.29, 1.82) is 0 Å². The summed E-state index contributed by atoms with van der Waals surface area (Å²) in [5.74, 6) is -0.345. The van der Waals surface area contributed by atoms with Crippen molar-refractivity contribution < 1.29 is 9.18 Å². The number of hydrogen-bond donors (Lipinski definition) is 0. The lowest BCUT2D eigenvalue weighted by molar-refractivity contribution is -0.134. The molecule has 0 bridgehead atoms. The summed E-state index contributed by atoms with van der Waals surface area (Å²) in [6.07, 6.45) is 7.08. The summed E-state index contributed by atoms with van der Waals surface area (Å²) in [6, 6.07) is 12.9. The fourth-order valence-electron chi connectivity index (χ4n) is 4.95. The minimum atomic E-state index is -0.303. The summed E-state index contributed by atoms with van der Waals surface area (Å²) in [6.45, 7) is 8.98. The van der Waals surface area contributed by atoms with Crippen molar-refractivity contribution in [3.8, 4) is 0 Å². The van der Waals surface area contributed by atoms with Crippen LogP contribution in [0.15, 0.2) is 60.2 Å². The molecule has 1 aliphatic heterocycles. The van der Waals surface area contributed by atoms with E-state index < -0.39 is 0 Å². The monoisotopic (exact) mass is 433 g/mol. The molecule has 5 heteroatoms. The van der Waals surface area contributed by atoms with Crippen molar-refractivity contribution in [2.45, 2.75) is 58.0 Å². The highest BCUT2D eigenvalue weighted by molar-refractivity contribution is 6.04. The van der Waals surface area contributed by atoms with Crippen LogP contribution < -0.4 is 0 Å². The minimum Gasteiger partial charge on any atom is -0.288 e. The average Bonchev–Trinajstić information content (AvgIpc) is 3.45. The molecule has 168 valence electrons. The van der Waals surface area contributed by atoms with Gasteiger partial charge in [-0.25, -0.2) is 9.40 Å². The number of carbonyl (C=O) groups excluding carboxylic acids is 1. The Morgan fingerprint density at radius 3 is 2.72 bits per heavy atom. The van der Waals surface area contributed by atoms with Gasteiger partial charge in [-0.15, -0.1) is 6.58 Å². The number of benzene rings is 2. The first-order valence-electron chi connectivity index (χ1n) is 11.5. The van der Waals surface area contributed by atoms with Crippen LogP contribution in [-0.2, 0) is 4.79 Å². The van der Waals surface area contributed by atoms with E-state index >= 15 is 0 Å². The third-order valence-electron chi connectivity index (χ3n) is 6.65. The van der Waals surface area contributed by atoms with E-state index in [1.165, 1.54) is 25.0 Å². The molecule has 1 fully saturated rings. The van der Waals surface area contributed by atoms with E-state index in [4.69, 9.17) is 5.10 Å². The molecule has 0 aromatic heterocycles. The van der Waals surface area contributed by atoms with Gasteiger partial charge in [-0.3, -0.25) is 9.69 Å². The summed E-state index contributed by atoms with van der Waals surface area (Å²) >= 11 is 0. The fraction of sp³-hybridized carbons (Fsp3) is 0.407. The number of halogens is 1. The van der Waals surface area contributed by atoms with Gasteiger partial charge in [0.15, 0.2) is 0 Å². The van der Waals surface area contributed by atoms with Gasteiger partial charge in [0.2, 0.25) is 0 Å². The number of aryl methyl sites for hydroxylation is 2. The third-order valence-corrected chi connectivity index (χ3v) is 6.65. The molecule has 0 radical (unpaired) electrons. The lowest BCUT2D eigenvalue weighted by Crippen LogP contribution is -2.42. The molecule has 1 amide bonds. The molecule has 0 N–H and O–H groups in total. The summed E-state index contributed by atoms with van der Waals surface area (Å²) < 4.78 is 14.0. The van der Waals surface area contributed by atoms with Crippen LogP contribution in [0, 0.1) is 19.7 Å². The third kappa shape index (κ3) is 4.83. The average molecular weight is 434 g/mol. The normalized spacial score (nSPS) is 18.9. The lowest BCUT2D eigenvalue weighted by Gasteiger charge is -2.30. The van der Waals surface area contributed by atoms with E-state index in [2.05, 4.69) is 43.5 Å². The van der Waals surface area contributed by atoms with Crippen LogP contribution in [0.1, 0.15) is 60.4 Å². The summed E-state index contributed by atoms with van der Waals surface area (Å²) in [5, 5.41) is 6.41. The van der Waals surface area contributed by atoms with Gasteiger partial charge in [-0.1, -0.05) is 48.7 Å². The molecule has 1 saturated carbocycles. The zero-order valence-corrected chi connectivity index (χ0v) is 19.1. The maximum atomic E-state index is 14.0. The van der Waals surface area contributed by atoms with Crippen LogP contribution in [-0.4, -0.2) is 40.7 Å². The molecule has 2 aromatic carbocycles. The lowest BCUT2D eigenvalue weighted by atomic mass is 9.95. The van der Waals surface area contributed by atoms with Crippen LogP contribution in [0.2, 0.25) is 0 Å². The molecule has 1 aliphatic carbocycles. The number of hydrazone groups is 1. The number of carbonyl (C=O) groups is 1. The Bertz CT molecular complexity index is 1030. The topological polar surface area (TPSA) is 35.9 Å². The highest BCUT2D eigenvalue weighted by Crippen LogP contribution is 2.34. The molecule has 32 heavy (non-hydrogen) atoms. The van der Waals surface area contributed by atoms with E-state index in [-0.39, 0.29) is 17.8 Å². The summed E-state index contributed by atoms with van der Waals surface area (Å²) in [5.41, 5.74) is 4.99. The van der Waals surface area contributed by atoms with E-state index in [0.29, 0.717) is 25.6 Å². The molecule has 4 rings (SSSR count). The van der Waals surface area contributed by atoms with Crippen LogP contribution in [0.25, 0.3) is 0 Å².